The van der Waals surface area contributed by atoms with Gasteiger partial charge in [-0.05, 0) is 64.2 Å². The summed E-state index contributed by atoms with van der Waals surface area (Å²) in [6, 6.07) is -0.812. The molecule has 1 amide bonds. The predicted molar refractivity (Wildman–Crippen MR) is 306 cm³/mol. The molecule has 74 heavy (non-hydrogen) atoms. The van der Waals surface area contributed by atoms with Crippen LogP contribution in [0.15, 0.2) is 36.5 Å². The molecule has 0 spiro atoms. The van der Waals surface area contributed by atoms with E-state index in [0.29, 0.717) is 19.4 Å². The third kappa shape index (κ3) is 42.0. The summed E-state index contributed by atoms with van der Waals surface area (Å²) in [4.78, 5) is 25.1. The highest BCUT2D eigenvalue weighted by atomic mass is 16.7. The third-order valence-electron chi connectivity index (χ3n) is 14.7. The Kier molecular flexibility index (Phi) is 50.0. The average molecular weight is 1050 g/mol. The van der Waals surface area contributed by atoms with E-state index in [1.165, 1.54) is 193 Å². The highest BCUT2D eigenvalue weighted by molar-refractivity contribution is 5.76. The van der Waals surface area contributed by atoms with E-state index in [2.05, 4.69) is 43.5 Å². The summed E-state index contributed by atoms with van der Waals surface area (Å²) >= 11 is 0. The summed E-state index contributed by atoms with van der Waals surface area (Å²) in [6.45, 7) is 4.28. The van der Waals surface area contributed by atoms with Gasteiger partial charge in [0.25, 0.3) is 0 Å². The number of aliphatic hydroxyl groups is 5. The molecule has 1 rings (SSSR count). The van der Waals surface area contributed by atoms with Crippen molar-refractivity contribution in [1.29, 1.82) is 0 Å². The van der Waals surface area contributed by atoms with Crippen molar-refractivity contribution in [2.45, 2.75) is 333 Å². The number of nitrogens with one attached hydrogen (secondary N) is 1. The monoisotopic (exact) mass is 1050 g/mol. The highest BCUT2D eigenvalue weighted by Crippen LogP contribution is 2.23. The molecule has 0 aliphatic carbocycles. The quantitative estimate of drug-likeness (QED) is 0.0195. The zero-order valence-electron chi connectivity index (χ0n) is 47.8. The van der Waals surface area contributed by atoms with Gasteiger partial charge in [-0.3, -0.25) is 9.59 Å². The van der Waals surface area contributed by atoms with Crippen LogP contribution in [0, 0.1) is 0 Å². The average Bonchev–Trinajstić information content (AvgIpc) is 3.40. The summed E-state index contributed by atoms with van der Waals surface area (Å²) in [5.74, 6) is -0.200. The second-order valence-corrected chi connectivity index (χ2v) is 21.8. The number of aliphatic hydroxyl groups excluding tert-OH is 5. The number of allylic oxidation sites excluding steroid dienone is 5. The van der Waals surface area contributed by atoms with Gasteiger partial charge in [0.05, 0.1) is 32.0 Å². The molecule has 1 fully saturated rings. The summed E-state index contributed by atoms with van der Waals surface area (Å²) in [5, 5.41) is 54.2. The smallest absolute Gasteiger partial charge is 0.305 e. The van der Waals surface area contributed by atoms with Gasteiger partial charge in [-0.2, -0.15) is 0 Å². The van der Waals surface area contributed by atoms with Gasteiger partial charge in [-0.15, -0.1) is 0 Å². The fraction of sp³-hybridized carbons (Fsp3) is 0.873. The minimum atomic E-state index is -1.57. The Hall–Kier alpha value is -2.12. The maximum atomic E-state index is 13.0. The zero-order valence-corrected chi connectivity index (χ0v) is 47.8. The molecule has 1 aliphatic heterocycles. The normalized spacial score (nSPS) is 19.0. The predicted octanol–water partition coefficient (Wildman–Crippen LogP) is 14.7. The summed E-state index contributed by atoms with van der Waals surface area (Å²) in [7, 11) is 0. The van der Waals surface area contributed by atoms with Gasteiger partial charge >= 0.3 is 5.97 Å². The minimum Gasteiger partial charge on any atom is -0.466 e. The third-order valence-corrected chi connectivity index (χ3v) is 14.7. The summed E-state index contributed by atoms with van der Waals surface area (Å²) in [6.07, 6.45) is 55.4. The van der Waals surface area contributed by atoms with E-state index in [1.807, 2.05) is 6.08 Å². The lowest BCUT2D eigenvalue weighted by atomic mass is 9.99. The number of rotatable bonds is 54. The van der Waals surface area contributed by atoms with E-state index in [-0.39, 0.29) is 18.5 Å². The van der Waals surface area contributed by atoms with E-state index in [4.69, 9.17) is 14.2 Å². The molecule has 7 atom stereocenters. The van der Waals surface area contributed by atoms with Crippen molar-refractivity contribution in [1.82, 2.24) is 5.32 Å². The molecule has 0 bridgehead atoms. The lowest BCUT2D eigenvalue weighted by Crippen LogP contribution is -2.60. The van der Waals surface area contributed by atoms with Gasteiger partial charge in [-0.1, -0.05) is 249 Å². The number of unbranched alkanes of at least 4 members (excludes halogenated alkanes) is 36. The molecule has 6 N–H and O–H groups in total. The number of carbonyl (C=O) groups excluding carboxylic acids is 2. The first-order valence-corrected chi connectivity index (χ1v) is 31.3. The molecule has 1 saturated heterocycles. The Morgan fingerprint density at radius 2 is 0.905 bits per heavy atom. The van der Waals surface area contributed by atoms with Gasteiger partial charge in [0, 0.05) is 12.8 Å². The van der Waals surface area contributed by atoms with E-state index in [0.717, 1.165) is 70.6 Å². The van der Waals surface area contributed by atoms with Crippen molar-refractivity contribution in [3.05, 3.63) is 36.5 Å². The molecule has 0 aromatic heterocycles. The van der Waals surface area contributed by atoms with Crippen molar-refractivity contribution >= 4 is 11.9 Å². The van der Waals surface area contributed by atoms with Crippen LogP contribution in [0.3, 0.4) is 0 Å². The van der Waals surface area contributed by atoms with Crippen LogP contribution in [0.5, 0.6) is 0 Å². The van der Waals surface area contributed by atoms with Crippen molar-refractivity contribution in [3.8, 4) is 0 Å². The number of hydrogen-bond acceptors (Lipinski definition) is 10. The van der Waals surface area contributed by atoms with E-state index in [9.17, 15) is 35.1 Å². The molecule has 0 aromatic carbocycles. The van der Waals surface area contributed by atoms with E-state index < -0.39 is 49.5 Å². The lowest BCUT2D eigenvalue weighted by molar-refractivity contribution is -0.302. The number of esters is 1. The second-order valence-electron chi connectivity index (χ2n) is 21.8. The van der Waals surface area contributed by atoms with E-state index >= 15 is 0 Å². The highest BCUT2D eigenvalue weighted by Gasteiger charge is 2.44. The molecular weight excluding hydrogens is 931 g/mol. The first-order valence-electron chi connectivity index (χ1n) is 31.3. The number of carbonyl (C=O) groups is 2. The molecule has 1 aliphatic rings. The second kappa shape index (κ2) is 52.9. The van der Waals surface area contributed by atoms with Gasteiger partial charge in [0.15, 0.2) is 6.29 Å². The maximum Gasteiger partial charge on any atom is 0.305 e. The van der Waals surface area contributed by atoms with Crippen molar-refractivity contribution < 1.29 is 49.3 Å². The number of hydrogen-bond donors (Lipinski definition) is 6. The molecule has 0 aromatic rings. The van der Waals surface area contributed by atoms with Crippen molar-refractivity contribution in [2.75, 3.05) is 19.8 Å². The van der Waals surface area contributed by atoms with Crippen molar-refractivity contribution in [2.24, 2.45) is 0 Å². The van der Waals surface area contributed by atoms with Crippen LogP contribution in [0.25, 0.3) is 0 Å². The SMILES string of the molecule is CCCCC/C=C\C/C=C\CCCCCCCCCCCC(=O)OCCCCCCCCCCCCCCCCCCCCC(=O)NC(COC1OC(CO)C(O)C(O)C1O)C(O)/C=C/CCCCCCCCC. The fourth-order valence-corrected chi connectivity index (χ4v) is 9.76. The van der Waals surface area contributed by atoms with E-state index in [1.54, 1.807) is 6.08 Å². The lowest BCUT2D eigenvalue weighted by Gasteiger charge is -2.40. The van der Waals surface area contributed by atoms with Crippen LogP contribution in [0.1, 0.15) is 290 Å². The Balaban J connectivity index is 1.98. The Bertz CT molecular complexity index is 1320. The molecule has 0 radical (unpaired) electrons. The zero-order chi connectivity index (χ0) is 53.8. The van der Waals surface area contributed by atoms with Gasteiger partial charge in [-0.25, -0.2) is 0 Å². The topological polar surface area (TPSA) is 175 Å². The van der Waals surface area contributed by atoms with Gasteiger partial charge in [0.2, 0.25) is 5.91 Å². The van der Waals surface area contributed by atoms with Crippen LogP contribution in [-0.4, -0.2) is 100 Å². The molecular formula is C63H117NO10. The van der Waals surface area contributed by atoms with Crippen LogP contribution < -0.4 is 5.32 Å². The van der Waals surface area contributed by atoms with Crippen molar-refractivity contribution in [3.63, 3.8) is 0 Å². The maximum absolute atomic E-state index is 13.0. The standard InChI is InChI=1S/C63H117NO10/c1-3-5-7-9-11-13-14-15-16-17-18-22-25-28-31-35-39-43-47-51-59(68)72-52-48-44-40-36-32-29-26-23-20-19-21-24-27-30-34-38-42-46-50-58(67)64-55(56(66)49-45-41-37-33-12-10-8-6-4-2)54-73-63-62(71)61(70)60(69)57(53-65)74-63/h11,13,15-16,45,49,55-57,60-63,65-66,69-71H,3-10,12,14,17-44,46-48,50-54H2,1-2H3,(H,64,67)/b13-11-,16-15-,49-45+. The van der Waals surface area contributed by atoms with Crippen LogP contribution >= 0.6 is 0 Å². The number of ether oxygens (including phenoxy) is 3. The molecule has 11 nitrogen and oxygen atoms in total. The molecule has 1 heterocycles. The Labute approximate surface area is 453 Å². The molecule has 11 heteroatoms. The Morgan fingerprint density at radius 1 is 0.500 bits per heavy atom. The minimum absolute atomic E-state index is 0.0123. The van der Waals surface area contributed by atoms with Crippen LogP contribution in [-0.2, 0) is 23.8 Å². The largest absolute Gasteiger partial charge is 0.466 e. The van der Waals surface area contributed by atoms with Crippen LogP contribution in [0.2, 0.25) is 0 Å². The molecule has 434 valence electrons. The van der Waals surface area contributed by atoms with Crippen LogP contribution in [0.4, 0.5) is 0 Å². The van der Waals surface area contributed by atoms with Gasteiger partial charge in [0.1, 0.15) is 24.4 Å². The Morgan fingerprint density at radius 3 is 1.39 bits per heavy atom. The van der Waals surface area contributed by atoms with Gasteiger partial charge < -0.3 is 45.1 Å². The fourth-order valence-electron chi connectivity index (χ4n) is 9.76. The summed E-state index contributed by atoms with van der Waals surface area (Å²) in [5.41, 5.74) is 0. The molecule has 7 unspecified atom stereocenters. The molecule has 0 saturated carbocycles. The first kappa shape index (κ1) is 69.9. The summed E-state index contributed by atoms with van der Waals surface area (Å²) < 4.78 is 16.7. The first-order chi connectivity index (χ1) is 36.2. The number of amides is 1.